The molecule has 2 aliphatic rings. The van der Waals surface area contributed by atoms with Gasteiger partial charge in [0, 0.05) is 11.3 Å². The molecule has 0 fully saturated rings. The van der Waals surface area contributed by atoms with Gasteiger partial charge in [-0.05, 0) is 31.5 Å². The summed E-state index contributed by atoms with van der Waals surface area (Å²) in [4.78, 5) is 16.3. The van der Waals surface area contributed by atoms with Gasteiger partial charge in [-0.15, -0.1) is 0 Å². The lowest BCUT2D eigenvalue weighted by molar-refractivity contribution is -0.114. The molecule has 0 saturated carbocycles. The SMILES string of the molecule is CC(=O)C1=C(C)Nc2ncnn2C1c1ccc2c(c1)OCO2. The fourth-order valence-electron chi connectivity index (χ4n) is 2.94. The molecule has 2 aliphatic heterocycles. The highest BCUT2D eigenvalue weighted by atomic mass is 16.7. The van der Waals surface area contributed by atoms with Crippen LogP contribution in [0.3, 0.4) is 0 Å². The molecule has 4 rings (SSSR count). The van der Waals surface area contributed by atoms with Gasteiger partial charge in [0.1, 0.15) is 12.4 Å². The first-order chi connectivity index (χ1) is 10.6. The molecule has 0 amide bonds. The molecule has 112 valence electrons. The number of ketones is 1. The topological polar surface area (TPSA) is 78.3 Å². The number of allylic oxidation sites excluding steroid dienone is 2. The Kier molecular flexibility index (Phi) is 2.69. The average Bonchev–Trinajstić information content (AvgIpc) is 3.12. The van der Waals surface area contributed by atoms with Gasteiger partial charge in [0.25, 0.3) is 0 Å². The molecule has 1 aromatic carbocycles. The second-order valence-corrected chi connectivity index (χ2v) is 5.26. The number of fused-ring (bicyclic) bond motifs is 2. The lowest BCUT2D eigenvalue weighted by Gasteiger charge is -2.28. The number of aromatic nitrogens is 3. The molecule has 3 heterocycles. The van der Waals surface area contributed by atoms with Crippen LogP contribution in [0.15, 0.2) is 35.8 Å². The van der Waals surface area contributed by atoms with Crippen LogP contribution >= 0.6 is 0 Å². The molecular formula is C15H14N4O3. The summed E-state index contributed by atoms with van der Waals surface area (Å²) in [5, 5.41) is 7.38. The van der Waals surface area contributed by atoms with E-state index in [9.17, 15) is 4.79 Å². The molecule has 0 spiro atoms. The van der Waals surface area contributed by atoms with Gasteiger partial charge in [0.15, 0.2) is 17.3 Å². The van der Waals surface area contributed by atoms with Crippen molar-refractivity contribution in [1.29, 1.82) is 0 Å². The van der Waals surface area contributed by atoms with E-state index in [1.165, 1.54) is 6.33 Å². The first-order valence-electron chi connectivity index (χ1n) is 6.93. The molecule has 0 aliphatic carbocycles. The van der Waals surface area contributed by atoms with E-state index in [1.54, 1.807) is 11.6 Å². The molecule has 1 aromatic heterocycles. The van der Waals surface area contributed by atoms with Crippen LogP contribution in [-0.2, 0) is 4.79 Å². The summed E-state index contributed by atoms with van der Waals surface area (Å²) in [5.41, 5.74) is 2.36. The van der Waals surface area contributed by atoms with Gasteiger partial charge in [-0.2, -0.15) is 10.1 Å². The third-order valence-electron chi connectivity index (χ3n) is 3.89. The van der Waals surface area contributed by atoms with Crippen molar-refractivity contribution in [3.63, 3.8) is 0 Å². The predicted octanol–water partition coefficient (Wildman–Crippen LogP) is 1.88. The van der Waals surface area contributed by atoms with E-state index >= 15 is 0 Å². The molecule has 0 radical (unpaired) electrons. The highest BCUT2D eigenvalue weighted by Gasteiger charge is 2.32. The zero-order chi connectivity index (χ0) is 15.3. The van der Waals surface area contributed by atoms with Crippen LogP contribution in [0.5, 0.6) is 11.5 Å². The Morgan fingerprint density at radius 1 is 1.36 bits per heavy atom. The summed E-state index contributed by atoms with van der Waals surface area (Å²) in [5.74, 6) is 2.00. The van der Waals surface area contributed by atoms with Gasteiger partial charge in [-0.3, -0.25) is 4.79 Å². The number of hydrogen-bond donors (Lipinski definition) is 1. The molecule has 0 bridgehead atoms. The summed E-state index contributed by atoms with van der Waals surface area (Å²) in [7, 11) is 0. The molecule has 1 atom stereocenters. The van der Waals surface area contributed by atoms with Gasteiger partial charge in [0.2, 0.25) is 12.7 Å². The minimum atomic E-state index is -0.328. The fourth-order valence-corrected chi connectivity index (χ4v) is 2.94. The molecule has 22 heavy (non-hydrogen) atoms. The summed E-state index contributed by atoms with van der Waals surface area (Å²) >= 11 is 0. The number of anilines is 1. The van der Waals surface area contributed by atoms with Crippen molar-refractivity contribution in [3.8, 4) is 11.5 Å². The Bertz CT molecular complexity index is 809. The first kappa shape index (κ1) is 12.9. The quantitative estimate of drug-likeness (QED) is 0.912. The zero-order valence-electron chi connectivity index (χ0n) is 12.2. The summed E-state index contributed by atoms with van der Waals surface area (Å²) in [6, 6.07) is 5.33. The molecule has 2 aromatic rings. The van der Waals surface area contributed by atoms with Crippen LogP contribution in [0.25, 0.3) is 0 Å². The fraction of sp³-hybridized carbons (Fsp3) is 0.267. The Hall–Kier alpha value is -2.83. The number of benzene rings is 1. The molecule has 7 heteroatoms. The lowest BCUT2D eigenvalue weighted by Crippen LogP contribution is -2.27. The number of rotatable bonds is 2. The zero-order valence-corrected chi connectivity index (χ0v) is 12.2. The number of ether oxygens (including phenoxy) is 2. The number of hydrogen-bond acceptors (Lipinski definition) is 6. The third kappa shape index (κ3) is 1.78. The first-order valence-corrected chi connectivity index (χ1v) is 6.93. The van der Waals surface area contributed by atoms with Crippen molar-refractivity contribution >= 4 is 11.7 Å². The number of nitrogens with one attached hydrogen (secondary N) is 1. The standard InChI is InChI=1S/C15H14N4O3/c1-8-13(9(2)20)14(19-15(18-8)16-6-17-19)10-3-4-11-12(5-10)22-7-21-11/h3-6,14H,7H2,1-2H3,(H,16,17,18). The van der Waals surface area contributed by atoms with Gasteiger partial charge in [-0.25, -0.2) is 4.68 Å². The Morgan fingerprint density at radius 3 is 3.00 bits per heavy atom. The van der Waals surface area contributed by atoms with E-state index in [1.807, 2.05) is 25.1 Å². The van der Waals surface area contributed by atoms with Crippen LogP contribution < -0.4 is 14.8 Å². The second-order valence-electron chi connectivity index (χ2n) is 5.26. The lowest BCUT2D eigenvalue weighted by atomic mass is 9.93. The van der Waals surface area contributed by atoms with Crippen molar-refractivity contribution in [3.05, 3.63) is 41.4 Å². The van der Waals surface area contributed by atoms with Gasteiger partial charge < -0.3 is 14.8 Å². The smallest absolute Gasteiger partial charge is 0.231 e. The van der Waals surface area contributed by atoms with E-state index in [-0.39, 0.29) is 18.6 Å². The van der Waals surface area contributed by atoms with Crippen molar-refractivity contribution in [2.75, 3.05) is 12.1 Å². The van der Waals surface area contributed by atoms with Crippen molar-refractivity contribution < 1.29 is 14.3 Å². The third-order valence-corrected chi connectivity index (χ3v) is 3.89. The molecule has 7 nitrogen and oxygen atoms in total. The van der Waals surface area contributed by atoms with Gasteiger partial charge in [0.05, 0.1) is 0 Å². The van der Waals surface area contributed by atoms with E-state index in [0.29, 0.717) is 23.0 Å². The van der Waals surface area contributed by atoms with Crippen LogP contribution in [0, 0.1) is 0 Å². The summed E-state index contributed by atoms with van der Waals surface area (Å²) in [6.07, 6.45) is 1.47. The monoisotopic (exact) mass is 298 g/mol. The van der Waals surface area contributed by atoms with E-state index in [2.05, 4.69) is 15.4 Å². The predicted molar refractivity (Wildman–Crippen MR) is 77.7 cm³/mol. The Morgan fingerprint density at radius 2 is 2.18 bits per heavy atom. The minimum Gasteiger partial charge on any atom is -0.454 e. The minimum absolute atomic E-state index is 0.00573. The molecule has 0 saturated heterocycles. The van der Waals surface area contributed by atoms with E-state index in [0.717, 1.165) is 11.3 Å². The number of carbonyl (C=O) groups excluding carboxylic acids is 1. The molecule has 1 N–H and O–H groups in total. The maximum Gasteiger partial charge on any atom is 0.231 e. The second kappa shape index (κ2) is 4.59. The average molecular weight is 298 g/mol. The summed E-state index contributed by atoms with van der Waals surface area (Å²) < 4.78 is 12.5. The van der Waals surface area contributed by atoms with Gasteiger partial charge in [-0.1, -0.05) is 6.07 Å². The van der Waals surface area contributed by atoms with Crippen molar-refractivity contribution in [2.24, 2.45) is 0 Å². The molecule has 1 unspecified atom stereocenters. The number of carbonyl (C=O) groups is 1. The van der Waals surface area contributed by atoms with Crippen LogP contribution in [0.2, 0.25) is 0 Å². The van der Waals surface area contributed by atoms with E-state index < -0.39 is 0 Å². The normalized spacial score (nSPS) is 18.9. The Labute approximate surface area is 126 Å². The highest BCUT2D eigenvalue weighted by molar-refractivity contribution is 5.96. The Balaban J connectivity index is 1.89. The highest BCUT2D eigenvalue weighted by Crippen LogP contribution is 2.39. The summed E-state index contributed by atoms with van der Waals surface area (Å²) in [6.45, 7) is 3.64. The molecular weight excluding hydrogens is 284 g/mol. The maximum absolute atomic E-state index is 12.1. The largest absolute Gasteiger partial charge is 0.454 e. The maximum atomic E-state index is 12.1. The number of nitrogens with zero attached hydrogens (tertiary/aromatic N) is 3. The van der Waals surface area contributed by atoms with Crippen molar-refractivity contribution in [1.82, 2.24) is 14.8 Å². The number of Topliss-reactive ketones (excluding diaryl/α,β-unsaturated/α-hetero) is 1. The van der Waals surface area contributed by atoms with Crippen LogP contribution in [0.1, 0.15) is 25.5 Å². The van der Waals surface area contributed by atoms with Gasteiger partial charge >= 0.3 is 0 Å². The van der Waals surface area contributed by atoms with Crippen molar-refractivity contribution in [2.45, 2.75) is 19.9 Å². The van der Waals surface area contributed by atoms with Crippen LogP contribution in [0.4, 0.5) is 5.95 Å². The van der Waals surface area contributed by atoms with Crippen LogP contribution in [-0.4, -0.2) is 27.3 Å². The van der Waals surface area contributed by atoms with E-state index in [4.69, 9.17) is 9.47 Å².